The zero-order chi connectivity index (χ0) is 21.4. The van der Waals surface area contributed by atoms with Crippen LogP contribution in [-0.4, -0.2) is 62.8 Å². The molecule has 0 atom stereocenters. The second-order valence-electron chi connectivity index (χ2n) is 7.31. The number of nitrogens with one attached hydrogen (secondary N) is 1. The van der Waals surface area contributed by atoms with E-state index < -0.39 is 0 Å². The highest BCUT2D eigenvalue weighted by molar-refractivity contribution is 6.23. The molecular weight excluding hydrogens is 420 g/mol. The van der Waals surface area contributed by atoms with Gasteiger partial charge in [0.2, 0.25) is 0 Å². The van der Waals surface area contributed by atoms with Crippen molar-refractivity contribution < 1.29 is 15.3 Å². The maximum Gasteiger partial charge on any atom is 0.189 e. The van der Waals surface area contributed by atoms with Crippen LogP contribution < -0.4 is 10.8 Å². The lowest BCUT2D eigenvalue weighted by Crippen LogP contribution is -2.26. The first kappa shape index (κ1) is 22.9. The molecule has 4 aromatic rings. The number of phenolic OH excluding ortho intramolecular Hbond substituents is 2. The minimum absolute atomic E-state index is 0. The van der Waals surface area contributed by atoms with Crippen molar-refractivity contribution in [1.82, 2.24) is 14.7 Å². The van der Waals surface area contributed by atoms with Crippen LogP contribution in [-0.2, 0) is 6.54 Å². The molecule has 9 heteroatoms. The van der Waals surface area contributed by atoms with E-state index >= 15 is 0 Å². The number of aromatic amines is 1. The lowest BCUT2D eigenvalue weighted by molar-refractivity contribution is 0.272. The first-order valence-electron chi connectivity index (χ1n) is 10.2. The minimum Gasteiger partial charge on any atom is -0.507 e. The van der Waals surface area contributed by atoms with Gasteiger partial charge in [-0.3, -0.25) is 19.6 Å². The van der Waals surface area contributed by atoms with Crippen molar-refractivity contribution in [3.63, 3.8) is 0 Å². The summed E-state index contributed by atoms with van der Waals surface area (Å²) in [5.41, 5.74) is 0.961. The van der Waals surface area contributed by atoms with Gasteiger partial charge in [-0.1, -0.05) is 13.8 Å². The monoisotopic (exact) mass is 446 g/mol. The number of fused-ring (bicyclic) bond motifs is 2. The summed E-state index contributed by atoms with van der Waals surface area (Å²) in [6.45, 7) is 7.65. The molecule has 0 radical (unpaired) electrons. The van der Waals surface area contributed by atoms with Crippen molar-refractivity contribution >= 4 is 45.0 Å². The fourth-order valence-corrected chi connectivity index (χ4v) is 4.18. The van der Waals surface area contributed by atoms with Crippen LogP contribution >= 0.6 is 12.4 Å². The number of H-pyrrole nitrogens is 1. The largest absolute Gasteiger partial charge is 0.507 e. The molecule has 0 bridgehead atoms. The van der Waals surface area contributed by atoms with Crippen LogP contribution in [0.15, 0.2) is 34.1 Å². The number of benzene rings is 3. The Kier molecular flexibility index (Phi) is 6.74. The van der Waals surface area contributed by atoms with E-state index in [2.05, 4.69) is 23.8 Å². The number of aromatic hydroxyl groups is 2. The van der Waals surface area contributed by atoms with Gasteiger partial charge in [-0.2, -0.15) is 0 Å². The highest BCUT2D eigenvalue weighted by atomic mass is 35.5. The van der Waals surface area contributed by atoms with Gasteiger partial charge in [0.05, 0.1) is 52.2 Å². The molecule has 0 saturated heterocycles. The standard InChI is InChI=1S/C22H26N4O4.ClH/c1-3-25(4-2)10-9-23-13-5-6-14-18-17(13)22(30)20-16(29)8-7-15(28)19(20)21(18)24-26(14)11-12-27;/h5-8,24,27,29-30H,3-4,9-12H2,1-2H3;1H. The van der Waals surface area contributed by atoms with Crippen molar-refractivity contribution in [2.45, 2.75) is 20.4 Å². The maximum absolute atomic E-state index is 12.6. The average molecular weight is 447 g/mol. The van der Waals surface area contributed by atoms with Gasteiger partial charge in [-0.25, -0.2) is 0 Å². The van der Waals surface area contributed by atoms with Gasteiger partial charge < -0.3 is 20.2 Å². The highest BCUT2D eigenvalue weighted by Crippen LogP contribution is 2.41. The molecule has 8 nitrogen and oxygen atoms in total. The molecule has 166 valence electrons. The maximum atomic E-state index is 12.6. The summed E-state index contributed by atoms with van der Waals surface area (Å²) in [5.74, 6) is -0.322. The Labute approximate surface area is 184 Å². The molecular formula is C22H27ClN4O4. The fourth-order valence-electron chi connectivity index (χ4n) is 4.18. The van der Waals surface area contributed by atoms with Crippen LogP contribution in [0.3, 0.4) is 0 Å². The minimum atomic E-state index is -0.303. The van der Waals surface area contributed by atoms with E-state index in [0.29, 0.717) is 34.7 Å². The molecule has 1 heterocycles. The van der Waals surface area contributed by atoms with Crippen LogP contribution in [0.4, 0.5) is 0 Å². The van der Waals surface area contributed by atoms with E-state index in [0.717, 1.165) is 25.2 Å². The van der Waals surface area contributed by atoms with Crippen LogP contribution in [0.25, 0.3) is 32.6 Å². The normalized spacial score (nSPS) is 12.5. The number of aromatic nitrogens is 2. The Bertz CT molecular complexity index is 1340. The van der Waals surface area contributed by atoms with Crippen LogP contribution in [0.2, 0.25) is 0 Å². The van der Waals surface area contributed by atoms with Crippen molar-refractivity contribution in [2.24, 2.45) is 4.99 Å². The summed E-state index contributed by atoms with van der Waals surface area (Å²) in [4.78, 5) is 19.6. The molecule has 0 fully saturated rings. The van der Waals surface area contributed by atoms with Gasteiger partial charge in [0, 0.05) is 11.9 Å². The van der Waals surface area contributed by atoms with Crippen LogP contribution in [0.1, 0.15) is 13.8 Å². The molecule has 3 aromatic carbocycles. The molecule has 0 aliphatic carbocycles. The Hall–Kier alpha value is -2.81. The quantitative estimate of drug-likeness (QED) is 0.325. The van der Waals surface area contributed by atoms with E-state index in [9.17, 15) is 20.1 Å². The number of aliphatic hydroxyl groups excluding tert-OH is 1. The zero-order valence-electron chi connectivity index (χ0n) is 17.6. The highest BCUT2D eigenvalue weighted by Gasteiger charge is 2.21. The van der Waals surface area contributed by atoms with Gasteiger partial charge >= 0.3 is 0 Å². The number of halogens is 1. The Morgan fingerprint density at radius 1 is 1.03 bits per heavy atom. The van der Waals surface area contributed by atoms with Gasteiger partial charge in [-0.15, -0.1) is 12.4 Å². The molecule has 1 aromatic heterocycles. The summed E-state index contributed by atoms with van der Waals surface area (Å²) >= 11 is 0. The number of likely N-dealkylation sites (N-methyl/N-ethyl adjacent to an activating group) is 1. The molecule has 4 rings (SSSR count). The summed E-state index contributed by atoms with van der Waals surface area (Å²) in [6, 6.07) is 6.28. The van der Waals surface area contributed by atoms with Gasteiger partial charge in [0.25, 0.3) is 0 Å². The Morgan fingerprint density at radius 2 is 1.77 bits per heavy atom. The molecule has 31 heavy (non-hydrogen) atoms. The van der Waals surface area contributed by atoms with Crippen LogP contribution in [0.5, 0.6) is 11.5 Å². The molecule has 4 N–H and O–H groups in total. The number of hydrogen-bond acceptors (Lipinski definition) is 6. The first-order chi connectivity index (χ1) is 14.5. The van der Waals surface area contributed by atoms with Crippen LogP contribution in [0, 0.1) is 0 Å². The lowest BCUT2D eigenvalue weighted by atomic mass is 9.99. The van der Waals surface area contributed by atoms with Crippen molar-refractivity contribution in [1.29, 1.82) is 0 Å². The predicted molar refractivity (Wildman–Crippen MR) is 125 cm³/mol. The molecule has 0 saturated carbocycles. The topological polar surface area (TPSA) is 114 Å². The molecule has 0 amide bonds. The SMILES string of the molecule is CCN(CC)CCN=c1ccc2c3c1c(O)c1c(O)ccc(=O)c1c3[nH]n2CCO.Cl. The van der Waals surface area contributed by atoms with Gasteiger partial charge in [0.15, 0.2) is 5.43 Å². The zero-order valence-corrected chi connectivity index (χ0v) is 18.4. The van der Waals surface area contributed by atoms with E-state index in [1.807, 2.05) is 12.1 Å². The number of phenols is 2. The van der Waals surface area contributed by atoms with Crippen molar-refractivity contribution in [3.05, 3.63) is 39.8 Å². The van der Waals surface area contributed by atoms with E-state index in [1.165, 1.54) is 12.1 Å². The third-order valence-electron chi connectivity index (χ3n) is 5.73. The molecule has 0 aliphatic heterocycles. The van der Waals surface area contributed by atoms with E-state index in [4.69, 9.17) is 4.99 Å². The van der Waals surface area contributed by atoms with Gasteiger partial charge in [-0.05, 0) is 37.4 Å². The Morgan fingerprint density at radius 3 is 2.45 bits per heavy atom. The summed E-state index contributed by atoms with van der Waals surface area (Å²) in [6.07, 6.45) is 0. The summed E-state index contributed by atoms with van der Waals surface area (Å²) in [5, 5.41) is 36.3. The van der Waals surface area contributed by atoms with E-state index in [1.54, 1.807) is 4.68 Å². The van der Waals surface area contributed by atoms with Crippen molar-refractivity contribution in [3.8, 4) is 11.5 Å². The molecule has 0 aliphatic rings. The average Bonchev–Trinajstić information content (AvgIpc) is 3.10. The number of aliphatic hydroxyl groups is 1. The van der Waals surface area contributed by atoms with E-state index in [-0.39, 0.29) is 46.7 Å². The second-order valence-corrected chi connectivity index (χ2v) is 7.31. The van der Waals surface area contributed by atoms with Crippen molar-refractivity contribution in [2.75, 3.05) is 32.8 Å². The summed E-state index contributed by atoms with van der Waals surface area (Å²) in [7, 11) is 0. The smallest absolute Gasteiger partial charge is 0.189 e. The second kappa shape index (κ2) is 9.13. The third-order valence-corrected chi connectivity index (χ3v) is 5.73. The predicted octanol–water partition coefficient (Wildman–Crippen LogP) is 2.14. The molecule has 0 unspecified atom stereocenters. The number of nitrogens with zero attached hydrogens (tertiary/aromatic N) is 3. The summed E-state index contributed by atoms with van der Waals surface area (Å²) < 4.78 is 1.74. The molecule has 0 spiro atoms. The number of rotatable bonds is 7. The first-order valence-corrected chi connectivity index (χ1v) is 10.2. The number of hydrogen-bond donors (Lipinski definition) is 4. The Balaban J connectivity index is 0.00000272. The lowest BCUT2D eigenvalue weighted by Gasteiger charge is -2.16. The third kappa shape index (κ3) is 3.71. The van der Waals surface area contributed by atoms with Gasteiger partial charge in [0.1, 0.15) is 11.5 Å². The fraction of sp³-hybridized carbons (Fsp3) is 0.364.